The Morgan fingerprint density at radius 2 is 1.61 bits per heavy atom. The van der Waals surface area contributed by atoms with Crippen molar-refractivity contribution in [3.05, 3.63) is 64.2 Å². The van der Waals surface area contributed by atoms with Gasteiger partial charge in [0.2, 0.25) is 0 Å². The van der Waals surface area contributed by atoms with Gasteiger partial charge in [0.05, 0.1) is 0 Å². The number of amides is 2. The van der Waals surface area contributed by atoms with Crippen LogP contribution in [0.1, 0.15) is 39.1 Å². The standard InChI is InChI=1S/C18H17ClN2O2/c1-11-2-7-14(19)10-16(11)21-18(23)13-5-3-12(4-6-13)17(22)20-15-8-9-15/h2-7,10,15H,8-9H2,1H3,(H,20,22)(H,21,23). The summed E-state index contributed by atoms with van der Waals surface area (Å²) in [6.07, 6.45) is 2.09. The Morgan fingerprint density at radius 3 is 2.22 bits per heavy atom. The second-order valence-electron chi connectivity index (χ2n) is 5.74. The van der Waals surface area contributed by atoms with Crippen LogP contribution in [0.25, 0.3) is 0 Å². The maximum atomic E-state index is 12.3. The molecule has 3 rings (SSSR count). The molecule has 0 bridgehead atoms. The lowest BCUT2D eigenvalue weighted by atomic mass is 10.1. The molecule has 2 aromatic rings. The lowest BCUT2D eigenvalue weighted by molar-refractivity contribution is 0.0949. The van der Waals surface area contributed by atoms with Gasteiger partial charge in [0, 0.05) is 27.9 Å². The highest BCUT2D eigenvalue weighted by molar-refractivity contribution is 6.31. The Bertz CT molecular complexity index is 752. The summed E-state index contributed by atoms with van der Waals surface area (Å²) in [7, 11) is 0. The van der Waals surface area contributed by atoms with Gasteiger partial charge in [-0.25, -0.2) is 0 Å². The van der Waals surface area contributed by atoms with Crippen molar-refractivity contribution in [2.45, 2.75) is 25.8 Å². The fraction of sp³-hybridized carbons (Fsp3) is 0.222. The molecule has 0 atom stereocenters. The summed E-state index contributed by atoms with van der Waals surface area (Å²) in [6.45, 7) is 1.90. The lowest BCUT2D eigenvalue weighted by Gasteiger charge is -2.09. The molecule has 2 aromatic carbocycles. The number of hydrogen-bond acceptors (Lipinski definition) is 2. The van der Waals surface area contributed by atoms with Gasteiger partial charge in [0.25, 0.3) is 11.8 Å². The van der Waals surface area contributed by atoms with Crippen molar-refractivity contribution in [1.29, 1.82) is 0 Å². The van der Waals surface area contributed by atoms with Crippen LogP contribution >= 0.6 is 11.6 Å². The molecular formula is C18H17ClN2O2. The summed E-state index contributed by atoms with van der Waals surface area (Å²) in [6, 6.07) is 12.3. The van der Waals surface area contributed by atoms with Crippen molar-refractivity contribution in [1.82, 2.24) is 5.32 Å². The number of hydrogen-bond donors (Lipinski definition) is 2. The molecule has 0 aromatic heterocycles. The van der Waals surface area contributed by atoms with Gasteiger partial charge in [-0.2, -0.15) is 0 Å². The highest BCUT2D eigenvalue weighted by atomic mass is 35.5. The minimum absolute atomic E-state index is 0.0925. The van der Waals surface area contributed by atoms with Crippen LogP contribution in [-0.2, 0) is 0 Å². The average molecular weight is 329 g/mol. The molecule has 4 nitrogen and oxygen atoms in total. The molecule has 1 aliphatic carbocycles. The van der Waals surface area contributed by atoms with Gasteiger partial charge in [-0.1, -0.05) is 17.7 Å². The molecule has 1 saturated carbocycles. The number of halogens is 1. The molecule has 5 heteroatoms. The molecule has 0 heterocycles. The van der Waals surface area contributed by atoms with Crippen LogP contribution in [0.3, 0.4) is 0 Å². The Labute approximate surface area is 139 Å². The molecule has 0 radical (unpaired) electrons. The van der Waals surface area contributed by atoms with Gasteiger partial charge in [-0.05, 0) is 61.7 Å². The summed E-state index contributed by atoms with van der Waals surface area (Å²) in [5, 5.41) is 6.32. The Hall–Kier alpha value is -2.33. The second-order valence-corrected chi connectivity index (χ2v) is 6.17. The van der Waals surface area contributed by atoms with Crippen LogP contribution in [-0.4, -0.2) is 17.9 Å². The minimum atomic E-state index is -0.232. The molecular weight excluding hydrogens is 312 g/mol. The third kappa shape index (κ3) is 3.90. The predicted octanol–water partition coefficient (Wildman–Crippen LogP) is 3.79. The number of anilines is 1. The van der Waals surface area contributed by atoms with Crippen LogP contribution in [0.5, 0.6) is 0 Å². The van der Waals surface area contributed by atoms with E-state index < -0.39 is 0 Å². The van der Waals surface area contributed by atoms with Gasteiger partial charge in [-0.15, -0.1) is 0 Å². The highest BCUT2D eigenvalue weighted by Gasteiger charge is 2.23. The first-order valence-electron chi connectivity index (χ1n) is 7.51. The predicted molar refractivity (Wildman–Crippen MR) is 91.1 cm³/mol. The first-order chi connectivity index (χ1) is 11.0. The first-order valence-corrected chi connectivity index (χ1v) is 7.89. The van der Waals surface area contributed by atoms with E-state index in [2.05, 4.69) is 10.6 Å². The van der Waals surface area contributed by atoms with Gasteiger partial charge in [-0.3, -0.25) is 9.59 Å². The third-order valence-electron chi connectivity index (χ3n) is 3.77. The van der Waals surface area contributed by atoms with E-state index >= 15 is 0 Å². The van der Waals surface area contributed by atoms with Gasteiger partial charge >= 0.3 is 0 Å². The Kier molecular flexibility index (Phi) is 4.35. The van der Waals surface area contributed by atoms with Crippen LogP contribution < -0.4 is 10.6 Å². The van der Waals surface area contributed by atoms with E-state index in [-0.39, 0.29) is 11.8 Å². The molecule has 0 saturated heterocycles. The molecule has 1 aliphatic rings. The number of benzene rings is 2. The number of carbonyl (C=O) groups excluding carboxylic acids is 2. The van der Waals surface area contributed by atoms with E-state index in [4.69, 9.17) is 11.6 Å². The number of aryl methyl sites for hydroxylation is 1. The molecule has 2 N–H and O–H groups in total. The Balaban J connectivity index is 1.69. The van der Waals surface area contributed by atoms with E-state index in [1.165, 1.54) is 0 Å². The van der Waals surface area contributed by atoms with Crippen LogP contribution in [0.15, 0.2) is 42.5 Å². The molecule has 2 amide bonds. The maximum Gasteiger partial charge on any atom is 0.255 e. The van der Waals surface area contributed by atoms with Crippen molar-refractivity contribution >= 4 is 29.1 Å². The Morgan fingerprint density at radius 1 is 1.00 bits per heavy atom. The van der Waals surface area contributed by atoms with E-state index in [1.54, 1.807) is 36.4 Å². The van der Waals surface area contributed by atoms with Gasteiger partial charge < -0.3 is 10.6 Å². The zero-order valence-corrected chi connectivity index (χ0v) is 13.5. The molecule has 118 valence electrons. The van der Waals surface area contributed by atoms with Crippen molar-refractivity contribution in [3.8, 4) is 0 Å². The SMILES string of the molecule is Cc1ccc(Cl)cc1NC(=O)c1ccc(C(=O)NC2CC2)cc1. The topological polar surface area (TPSA) is 58.2 Å². The molecule has 0 spiro atoms. The highest BCUT2D eigenvalue weighted by Crippen LogP contribution is 2.21. The maximum absolute atomic E-state index is 12.3. The van der Waals surface area contributed by atoms with E-state index in [0.29, 0.717) is 27.9 Å². The normalized spacial score (nSPS) is 13.5. The minimum Gasteiger partial charge on any atom is -0.349 e. The summed E-state index contributed by atoms with van der Waals surface area (Å²) < 4.78 is 0. The fourth-order valence-corrected chi connectivity index (χ4v) is 2.36. The van der Waals surface area contributed by atoms with E-state index in [1.807, 2.05) is 13.0 Å². The largest absolute Gasteiger partial charge is 0.349 e. The van der Waals surface area contributed by atoms with Gasteiger partial charge in [0.15, 0.2) is 0 Å². The fourth-order valence-electron chi connectivity index (χ4n) is 2.19. The lowest BCUT2D eigenvalue weighted by Crippen LogP contribution is -2.25. The number of carbonyl (C=O) groups is 2. The summed E-state index contributed by atoms with van der Waals surface area (Å²) in [5.74, 6) is -0.324. The molecule has 0 unspecified atom stereocenters. The van der Waals surface area contributed by atoms with Crippen LogP contribution in [0.2, 0.25) is 5.02 Å². The quantitative estimate of drug-likeness (QED) is 0.897. The molecule has 23 heavy (non-hydrogen) atoms. The smallest absolute Gasteiger partial charge is 0.255 e. The van der Waals surface area contributed by atoms with E-state index in [0.717, 1.165) is 18.4 Å². The van der Waals surface area contributed by atoms with Crippen molar-refractivity contribution in [3.63, 3.8) is 0 Å². The summed E-state index contributed by atoms with van der Waals surface area (Å²) in [4.78, 5) is 24.2. The zero-order valence-electron chi connectivity index (χ0n) is 12.7. The first kappa shape index (κ1) is 15.6. The number of nitrogens with one attached hydrogen (secondary N) is 2. The molecule has 1 fully saturated rings. The monoisotopic (exact) mass is 328 g/mol. The molecule has 0 aliphatic heterocycles. The third-order valence-corrected chi connectivity index (χ3v) is 4.00. The second kappa shape index (κ2) is 6.42. The van der Waals surface area contributed by atoms with E-state index in [9.17, 15) is 9.59 Å². The average Bonchev–Trinajstić information content (AvgIpc) is 3.35. The number of rotatable bonds is 4. The van der Waals surface area contributed by atoms with Crippen LogP contribution in [0.4, 0.5) is 5.69 Å². The summed E-state index contributed by atoms with van der Waals surface area (Å²) >= 11 is 5.95. The zero-order chi connectivity index (χ0) is 16.4. The summed E-state index contributed by atoms with van der Waals surface area (Å²) in [5.41, 5.74) is 2.67. The van der Waals surface area contributed by atoms with Crippen LogP contribution in [0, 0.1) is 6.92 Å². The van der Waals surface area contributed by atoms with Crippen molar-refractivity contribution < 1.29 is 9.59 Å². The van der Waals surface area contributed by atoms with Gasteiger partial charge in [0.1, 0.15) is 0 Å². The van der Waals surface area contributed by atoms with Crippen molar-refractivity contribution in [2.75, 3.05) is 5.32 Å². The van der Waals surface area contributed by atoms with Crippen molar-refractivity contribution in [2.24, 2.45) is 0 Å².